The lowest BCUT2D eigenvalue weighted by molar-refractivity contribution is 0.620. The number of para-hydroxylation sites is 1. The lowest BCUT2D eigenvalue weighted by atomic mass is 10.1. The van der Waals surface area contributed by atoms with Crippen molar-refractivity contribution < 1.29 is 0 Å². The largest absolute Gasteiger partial charge is 0.344 e. The van der Waals surface area contributed by atoms with Gasteiger partial charge in [0.25, 0.3) is 0 Å². The van der Waals surface area contributed by atoms with Gasteiger partial charge in [0.1, 0.15) is 0 Å². The SMILES string of the molecule is Cc1cccc2c(CCN)cn(C(C)C)c12. The summed E-state index contributed by atoms with van der Waals surface area (Å²) in [6.45, 7) is 7.33. The van der Waals surface area contributed by atoms with Crippen molar-refractivity contribution in [2.75, 3.05) is 6.54 Å². The van der Waals surface area contributed by atoms with E-state index in [0.717, 1.165) is 6.42 Å². The van der Waals surface area contributed by atoms with Crippen molar-refractivity contribution >= 4 is 10.9 Å². The molecule has 0 radical (unpaired) electrons. The molecule has 0 saturated carbocycles. The minimum Gasteiger partial charge on any atom is -0.344 e. The van der Waals surface area contributed by atoms with Gasteiger partial charge in [0.2, 0.25) is 0 Å². The van der Waals surface area contributed by atoms with Crippen molar-refractivity contribution in [2.45, 2.75) is 33.2 Å². The van der Waals surface area contributed by atoms with Crippen molar-refractivity contribution in [3.05, 3.63) is 35.5 Å². The molecule has 0 amide bonds. The van der Waals surface area contributed by atoms with Crippen LogP contribution >= 0.6 is 0 Å². The van der Waals surface area contributed by atoms with Crippen LogP contribution in [-0.4, -0.2) is 11.1 Å². The number of aryl methyl sites for hydroxylation is 1. The number of hydrogen-bond donors (Lipinski definition) is 1. The molecule has 1 aromatic heterocycles. The number of benzene rings is 1. The molecule has 0 atom stereocenters. The second-order valence-corrected chi connectivity index (χ2v) is 4.67. The number of rotatable bonds is 3. The first-order valence-corrected chi connectivity index (χ1v) is 5.94. The smallest absolute Gasteiger partial charge is 0.0515 e. The van der Waals surface area contributed by atoms with Crippen LogP contribution in [-0.2, 0) is 6.42 Å². The Morgan fingerprint density at radius 3 is 2.69 bits per heavy atom. The van der Waals surface area contributed by atoms with Crippen molar-refractivity contribution in [2.24, 2.45) is 5.73 Å². The molecule has 1 aromatic carbocycles. The molecule has 2 nitrogen and oxygen atoms in total. The third-order valence-electron chi connectivity index (χ3n) is 3.11. The monoisotopic (exact) mass is 216 g/mol. The van der Waals surface area contributed by atoms with E-state index in [0.29, 0.717) is 12.6 Å². The predicted octanol–water partition coefficient (Wildman–Crippen LogP) is 3.03. The molecule has 0 aliphatic carbocycles. The van der Waals surface area contributed by atoms with Gasteiger partial charge in [0.15, 0.2) is 0 Å². The van der Waals surface area contributed by atoms with E-state index in [2.05, 4.69) is 49.7 Å². The maximum absolute atomic E-state index is 5.67. The fourth-order valence-corrected chi connectivity index (χ4v) is 2.32. The summed E-state index contributed by atoms with van der Waals surface area (Å²) in [4.78, 5) is 0. The second kappa shape index (κ2) is 4.30. The highest BCUT2D eigenvalue weighted by Crippen LogP contribution is 2.27. The summed E-state index contributed by atoms with van der Waals surface area (Å²) in [6.07, 6.45) is 3.22. The predicted molar refractivity (Wildman–Crippen MR) is 69.8 cm³/mol. The highest BCUT2D eigenvalue weighted by molar-refractivity contribution is 5.86. The number of hydrogen-bond acceptors (Lipinski definition) is 1. The van der Waals surface area contributed by atoms with Gasteiger partial charge in [-0.05, 0) is 44.9 Å². The van der Waals surface area contributed by atoms with E-state index in [1.165, 1.54) is 22.0 Å². The summed E-state index contributed by atoms with van der Waals surface area (Å²) in [5, 5.41) is 1.36. The van der Waals surface area contributed by atoms with E-state index in [4.69, 9.17) is 5.73 Å². The fourth-order valence-electron chi connectivity index (χ4n) is 2.32. The first-order valence-electron chi connectivity index (χ1n) is 5.94. The molecular formula is C14H20N2. The standard InChI is InChI=1S/C14H20N2/c1-10(2)16-9-12(7-8-15)13-6-4-5-11(3)14(13)16/h4-6,9-10H,7-8,15H2,1-3H3. The van der Waals surface area contributed by atoms with Gasteiger partial charge in [0.05, 0.1) is 5.52 Å². The first-order chi connectivity index (χ1) is 7.65. The molecule has 0 unspecified atom stereocenters. The van der Waals surface area contributed by atoms with E-state index in [1.54, 1.807) is 0 Å². The van der Waals surface area contributed by atoms with Crippen molar-refractivity contribution in [3.8, 4) is 0 Å². The molecule has 2 heteroatoms. The maximum Gasteiger partial charge on any atom is 0.0515 e. The number of nitrogens with two attached hydrogens (primary N) is 1. The molecule has 0 saturated heterocycles. The van der Waals surface area contributed by atoms with Crippen LogP contribution in [0.5, 0.6) is 0 Å². The molecular weight excluding hydrogens is 196 g/mol. The lowest BCUT2D eigenvalue weighted by Gasteiger charge is -2.10. The van der Waals surface area contributed by atoms with Crippen LogP contribution in [0.4, 0.5) is 0 Å². The van der Waals surface area contributed by atoms with Crippen LogP contribution in [0.25, 0.3) is 10.9 Å². The average molecular weight is 216 g/mol. The van der Waals surface area contributed by atoms with Gasteiger partial charge in [-0.3, -0.25) is 0 Å². The zero-order valence-electron chi connectivity index (χ0n) is 10.3. The molecule has 0 aliphatic heterocycles. The average Bonchev–Trinajstić information content (AvgIpc) is 2.60. The molecule has 0 spiro atoms. The second-order valence-electron chi connectivity index (χ2n) is 4.67. The van der Waals surface area contributed by atoms with E-state index >= 15 is 0 Å². The molecule has 1 heterocycles. The quantitative estimate of drug-likeness (QED) is 0.840. The topological polar surface area (TPSA) is 30.9 Å². The third kappa shape index (κ3) is 1.74. The Bertz CT molecular complexity index is 495. The summed E-state index contributed by atoms with van der Waals surface area (Å²) >= 11 is 0. The lowest BCUT2D eigenvalue weighted by Crippen LogP contribution is -2.02. The highest BCUT2D eigenvalue weighted by Gasteiger charge is 2.11. The minimum atomic E-state index is 0.495. The van der Waals surface area contributed by atoms with Gasteiger partial charge < -0.3 is 10.3 Å². The Balaban J connectivity index is 2.71. The van der Waals surface area contributed by atoms with Crippen molar-refractivity contribution in [3.63, 3.8) is 0 Å². The highest BCUT2D eigenvalue weighted by atomic mass is 15.0. The first kappa shape index (κ1) is 11.2. The van der Waals surface area contributed by atoms with Crippen LogP contribution in [0.1, 0.15) is 31.0 Å². The Kier molecular flexibility index (Phi) is 3.01. The zero-order valence-corrected chi connectivity index (χ0v) is 10.3. The molecule has 2 aromatic rings. The van der Waals surface area contributed by atoms with Gasteiger partial charge in [0, 0.05) is 17.6 Å². The van der Waals surface area contributed by atoms with E-state index in [9.17, 15) is 0 Å². The minimum absolute atomic E-state index is 0.495. The maximum atomic E-state index is 5.67. The Labute approximate surface area is 97.1 Å². The van der Waals surface area contributed by atoms with Crippen LogP contribution in [0.2, 0.25) is 0 Å². The molecule has 16 heavy (non-hydrogen) atoms. The molecule has 2 N–H and O–H groups in total. The van der Waals surface area contributed by atoms with Gasteiger partial charge >= 0.3 is 0 Å². The van der Waals surface area contributed by atoms with Crippen LogP contribution < -0.4 is 5.73 Å². The van der Waals surface area contributed by atoms with Gasteiger partial charge in [-0.1, -0.05) is 18.2 Å². The summed E-state index contributed by atoms with van der Waals surface area (Å²) in [7, 11) is 0. The normalized spacial score (nSPS) is 11.6. The summed E-state index contributed by atoms with van der Waals surface area (Å²) in [5.41, 5.74) is 9.74. The van der Waals surface area contributed by atoms with Crippen LogP contribution in [0, 0.1) is 6.92 Å². The summed E-state index contributed by atoms with van der Waals surface area (Å²) in [5.74, 6) is 0. The number of fused-ring (bicyclic) bond motifs is 1. The van der Waals surface area contributed by atoms with Crippen LogP contribution in [0.15, 0.2) is 24.4 Å². The van der Waals surface area contributed by atoms with Crippen LogP contribution in [0.3, 0.4) is 0 Å². The Morgan fingerprint density at radius 1 is 1.31 bits per heavy atom. The van der Waals surface area contributed by atoms with E-state index < -0.39 is 0 Å². The molecule has 0 bridgehead atoms. The third-order valence-corrected chi connectivity index (χ3v) is 3.11. The molecule has 0 fully saturated rings. The molecule has 86 valence electrons. The summed E-state index contributed by atoms with van der Waals surface area (Å²) in [6, 6.07) is 7.00. The Hall–Kier alpha value is -1.28. The van der Waals surface area contributed by atoms with E-state index in [-0.39, 0.29) is 0 Å². The molecule has 2 rings (SSSR count). The van der Waals surface area contributed by atoms with Crippen molar-refractivity contribution in [1.82, 2.24) is 4.57 Å². The zero-order chi connectivity index (χ0) is 11.7. The number of aromatic nitrogens is 1. The van der Waals surface area contributed by atoms with Gasteiger partial charge in [-0.2, -0.15) is 0 Å². The fraction of sp³-hybridized carbons (Fsp3) is 0.429. The Morgan fingerprint density at radius 2 is 2.06 bits per heavy atom. The van der Waals surface area contributed by atoms with Crippen molar-refractivity contribution in [1.29, 1.82) is 0 Å². The van der Waals surface area contributed by atoms with E-state index in [1.807, 2.05) is 0 Å². The summed E-state index contributed by atoms with van der Waals surface area (Å²) < 4.78 is 2.36. The number of nitrogens with zero attached hydrogens (tertiary/aromatic N) is 1. The van der Waals surface area contributed by atoms with Gasteiger partial charge in [-0.15, -0.1) is 0 Å². The molecule has 0 aliphatic rings. The van der Waals surface area contributed by atoms with Gasteiger partial charge in [-0.25, -0.2) is 0 Å².